The lowest BCUT2D eigenvalue weighted by Crippen LogP contribution is -2.67. The van der Waals surface area contributed by atoms with Gasteiger partial charge in [0.1, 0.15) is 0 Å². The van der Waals surface area contributed by atoms with Crippen LogP contribution in [0.3, 0.4) is 0 Å². The first-order valence-corrected chi connectivity index (χ1v) is 23.1. The molecule has 268 valence electrons. The molecule has 0 spiro atoms. The number of benzene rings is 4. The van der Waals surface area contributed by atoms with Crippen LogP contribution in [0.15, 0.2) is 121 Å². The smallest absolute Gasteiger partial charge is 0.261 e. The lowest BCUT2D eigenvalue weighted by atomic mass is 9.78. The normalized spacial score (nSPS) is 20.8. The third kappa shape index (κ3) is 8.27. The Morgan fingerprint density at radius 3 is 1.10 bits per heavy atom. The minimum atomic E-state index is -2.75. The van der Waals surface area contributed by atoms with Crippen molar-refractivity contribution < 1.29 is 14.0 Å². The molecule has 50 heavy (non-hydrogen) atoms. The average Bonchev–Trinajstić information content (AvgIpc) is 3.07. The zero-order valence-corrected chi connectivity index (χ0v) is 34.7. The van der Waals surface area contributed by atoms with Crippen molar-refractivity contribution in [3.8, 4) is 0 Å². The minimum absolute atomic E-state index is 0.0489. The highest BCUT2D eigenvalue weighted by Crippen LogP contribution is 2.45. The summed E-state index contributed by atoms with van der Waals surface area (Å²) < 4.78 is 15.2. The zero-order valence-electron chi connectivity index (χ0n) is 31.9. The van der Waals surface area contributed by atoms with Crippen LogP contribution in [0.1, 0.15) is 75.2 Å². The molecule has 0 saturated heterocycles. The highest BCUT2D eigenvalue weighted by atomic mass is 32.2. The number of thioether (sulfide) groups is 1. The Morgan fingerprint density at radius 1 is 0.520 bits per heavy atom. The standard InChI is InChI=1S/C44H60O3SSi2/c1-42(2,3)48-41-31-35(33-47-50(44(7,8)9,38-26-18-12-19-27-38)39-28-20-13-21-29-39)34(30-40(41)45)32-46-49(43(4,5)6,36-22-14-10-15-23-36)37-24-16-11-17-25-37/h10-29,34-35,40-41,45H,30-33H2,1-9H3/t34-,35+,40+,41+/m0/s1. The topological polar surface area (TPSA) is 38.7 Å². The number of hydrogen-bond acceptors (Lipinski definition) is 4. The van der Waals surface area contributed by atoms with E-state index < -0.39 is 22.7 Å². The van der Waals surface area contributed by atoms with Crippen molar-refractivity contribution in [3.05, 3.63) is 121 Å². The number of hydrogen-bond donors (Lipinski definition) is 1. The van der Waals surface area contributed by atoms with Crippen LogP contribution in [0.2, 0.25) is 10.1 Å². The molecule has 6 heteroatoms. The van der Waals surface area contributed by atoms with Crippen molar-refractivity contribution in [1.29, 1.82) is 0 Å². The van der Waals surface area contributed by atoms with E-state index in [2.05, 4.69) is 184 Å². The lowest BCUT2D eigenvalue weighted by molar-refractivity contribution is 0.0297. The molecule has 3 nitrogen and oxygen atoms in total. The van der Waals surface area contributed by atoms with Crippen molar-refractivity contribution in [2.75, 3.05) is 13.2 Å². The number of aliphatic hydroxyl groups excluding tert-OH is 1. The summed E-state index contributed by atoms with van der Waals surface area (Å²) in [4.78, 5) is 0. The molecule has 0 aliphatic heterocycles. The van der Waals surface area contributed by atoms with Gasteiger partial charge in [0.25, 0.3) is 16.6 Å². The molecule has 0 amide bonds. The molecule has 0 aromatic heterocycles. The molecule has 1 aliphatic rings. The maximum atomic E-state index is 11.8. The van der Waals surface area contributed by atoms with E-state index in [1.807, 2.05) is 11.8 Å². The molecule has 1 saturated carbocycles. The summed E-state index contributed by atoms with van der Waals surface area (Å²) in [6.07, 6.45) is 1.22. The fraction of sp³-hybridized carbons (Fsp3) is 0.455. The zero-order chi connectivity index (χ0) is 36.2. The van der Waals surface area contributed by atoms with E-state index in [1.165, 1.54) is 20.7 Å². The van der Waals surface area contributed by atoms with E-state index in [0.717, 1.165) is 6.42 Å². The van der Waals surface area contributed by atoms with Gasteiger partial charge in [-0.05, 0) is 55.5 Å². The molecule has 1 fully saturated rings. The third-order valence-corrected chi connectivity index (χ3v) is 22.1. The van der Waals surface area contributed by atoms with E-state index in [-0.39, 0.29) is 31.9 Å². The maximum absolute atomic E-state index is 11.8. The molecule has 0 heterocycles. The van der Waals surface area contributed by atoms with Crippen molar-refractivity contribution in [1.82, 2.24) is 0 Å². The second-order valence-electron chi connectivity index (χ2n) is 17.3. The van der Waals surface area contributed by atoms with Gasteiger partial charge in [-0.2, -0.15) is 0 Å². The summed E-state index contributed by atoms with van der Waals surface area (Å²) >= 11 is 1.92. The molecule has 4 aromatic rings. The Bertz CT molecular complexity index is 1530. The van der Waals surface area contributed by atoms with Crippen LogP contribution in [0, 0.1) is 11.8 Å². The summed E-state index contributed by atoms with van der Waals surface area (Å²) in [6.45, 7) is 22.1. The van der Waals surface area contributed by atoms with Crippen molar-refractivity contribution in [3.63, 3.8) is 0 Å². The SMILES string of the molecule is CC(C)(C)S[C@@H]1C[C@H](CO[Si](c2ccccc2)(c2ccccc2)C(C)(C)C)[C@H](CO[Si](c2ccccc2)(c2ccccc2)C(C)(C)C)C[C@H]1O. The van der Waals surface area contributed by atoms with Crippen molar-refractivity contribution >= 4 is 49.1 Å². The second-order valence-corrected chi connectivity index (χ2v) is 28.0. The predicted octanol–water partition coefficient (Wildman–Crippen LogP) is 8.43. The van der Waals surface area contributed by atoms with Gasteiger partial charge in [-0.3, -0.25) is 0 Å². The molecule has 0 bridgehead atoms. The molecule has 1 aliphatic carbocycles. The first-order valence-electron chi connectivity index (χ1n) is 18.4. The van der Waals surface area contributed by atoms with Crippen molar-refractivity contribution in [2.24, 2.45) is 11.8 Å². The molecule has 0 unspecified atom stereocenters. The van der Waals surface area contributed by atoms with Gasteiger partial charge in [-0.25, -0.2) is 0 Å². The van der Waals surface area contributed by atoms with Crippen LogP contribution < -0.4 is 20.7 Å². The quantitative estimate of drug-likeness (QED) is 0.158. The van der Waals surface area contributed by atoms with E-state index in [0.29, 0.717) is 19.6 Å². The Hall–Kier alpha value is -2.46. The largest absolute Gasteiger partial charge is 0.407 e. The fourth-order valence-electron chi connectivity index (χ4n) is 8.28. The fourth-order valence-corrected chi connectivity index (χ4v) is 19.0. The number of rotatable bonds is 11. The molecular formula is C44H60O3SSi2. The lowest BCUT2D eigenvalue weighted by Gasteiger charge is -2.48. The van der Waals surface area contributed by atoms with Gasteiger partial charge in [0, 0.05) is 23.2 Å². The van der Waals surface area contributed by atoms with E-state index >= 15 is 0 Å². The van der Waals surface area contributed by atoms with Gasteiger partial charge in [0.05, 0.1) is 6.10 Å². The Morgan fingerprint density at radius 2 is 0.820 bits per heavy atom. The van der Waals surface area contributed by atoms with Gasteiger partial charge in [-0.1, -0.05) is 184 Å². The Balaban J connectivity index is 1.55. The van der Waals surface area contributed by atoms with Gasteiger partial charge in [0.2, 0.25) is 0 Å². The first kappa shape index (κ1) is 38.8. The molecule has 0 radical (unpaired) electrons. The highest BCUT2D eigenvalue weighted by Gasteiger charge is 2.53. The minimum Gasteiger partial charge on any atom is -0.407 e. The molecule has 4 atom stereocenters. The van der Waals surface area contributed by atoms with Crippen LogP contribution >= 0.6 is 11.8 Å². The second kappa shape index (κ2) is 15.6. The summed E-state index contributed by atoms with van der Waals surface area (Å²) in [7, 11) is -5.50. The van der Waals surface area contributed by atoms with E-state index in [1.54, 1.807) is 0 Å². The summed E-state index contributed by atoms with van der Waals surface area (Å²) in [6, 6.07) is 43.8. The predicted molar refractivity (Wildman–Crippen MR) is 220 cm³/mol. The van der Waals surface area contributed by atoms with Crippen LogP contribution in [0.4, 0.5) is 0 Å². The van der Waals surface area contributed by atoms with E-state index in [9.17, 15) is 5.11 Å². The third-order valence-electron chi connectivity index (χ3n) is 10.5. The van der Waals surface area contributed by atoms with Crippen molar-refractivity contribution in [2.45, 2.75) is 101 Å². The van der Waals surface area contributed by atoms with Gasteiger partial charge >= 0.3 is 0 Å². The molecule has 4 aromatic carbocycles. The Labute approximate surface area is 309 Å². The van der Waals surface area contributed by atoms with Gasteiger partial charge < -0.3 is 14.0 Å². The molecular weight excluding hydrogens is 665 g/mol. The molecule has 5 rings (SSSR count). The van der Waals surface area contributed by atoms with Crippen LogP contribution in [-0.2, 0) is 8.85 Å². The average molecular weight is 725 g/mol. The molecule has 1 N–H and O–H groups in total. The number of aliphatic hydroxyl groups is 1. The van der Waals surface area contributed by atoms with Gasteiger partial charge in [0.15, 0.2) is 0 Å². The summed E-state index contributed by atoms with van der Waals surface area (Å²) in [5.41, 5.74) is 0. The first-order chi connectivity index (χ1) is 23.6. The van der Waals surface area contributed by atoms with Crippen LogP contribution in [-0.4, -0.2) is 51.1 Å². The monoisotopic (exact) mass is 724 g/mol. The Kier molecular flexibility index (Phi) is 12.1. The van der Waals surface area contributed by atoms with Gasteiger partial charge in [-0.15, -0.1) is 11.8 Å². The van der Waals surface area contributed by atoms with E-state index in [4.69, 9.17) is 8.85 Å². The summed E-state index contributed by atoms with van der Waals surface area (Å²) in [5.74, 6) is 0.389. The maximum Gasteiger partial charge on any atom is 0.261 e. The van der Waals surface area contributed by atoms with Crippen LogP contribution in [0.5, 0.6) is 0 Å². The summed E-state index contributed by atoms with van der Waals surface area (Å²) in [5, 5.41) is 16.9. The van der Waals surface area contributed by atoms with Crippen LogP contribution in [0.25, 0.3) is 0 Å². The highest BCUT2D eigenvalue weighted by molar-refractivity contribution is 8.01.